The molecular formula is C13H24N2O2. The number of hydrogen-bond donors (Lipinski definition) is 1. The summed E-state index contributed by atoms with van der Waals surface area (Å²) in [6.45, 7) is 7.00. The molecule has 1 aliphatic carbocycles. The topological polar surface area (TPSA) is 54.3 Å². The van der Waals surface area contributed by atoms with Gasteiger partial charge < -0.3 is 9.47 Å². The van der Waals surface area contributed by atoms with Crippen molar-refractivity contribution in [3.63, 3.8) is 0 Å². The molecule has 0 radical (unpaired) electrons. The normalized spacial score (nSPS) is 28.2. The molecule has 0 bridgehead atoms. The van der Waals surface area contributed by atoms with Crippen LogP contribution in [0.4, 0.5) is 0 Å². The van der Waals surface area contributed by atoms with Gasteiger partial charge in [0.2, 0.25) is 0 Å². The summed E-state index contributed by atoms with van der Waals surface area (Å²) in [5.41, 5.74) is -0.355. The largest absolute Gasteiger partial charge is 0.379 e. The summed E-state index contributed by atoms with van der Waals surface area (Å²) in [5.74, 6) is 0. The van der Waals surface area contributed by atoms with Crippen LogP contribution in [0.3, 0.4) is 0 Å². The van der Waals surface area contributed by atoms with E-state index >= 15 is 0 Å². The van der Waals surface area contributed by atoms with Gasteiger partial charge in [-0.2, -0.15) is 5.26 Å². The Morgan fingerprint density at radius 3 is 2.88 bits per heavy atom. The Hall–Kier alpha value is -0.630. The zero-order valence-corrected chi connectivity index (χ0v) is 11.0. The van der Waals surface area contributed by atoms with E-state index in [0.29, 0.717) is 13.2 Å². The van der Waals surface area contributed by atoms with E-state index in [0.717, 1.165) is 38.8 Å². The van der Waals surface area contributed by atoms with Gasteiger partial charge in [-0.25, -0.2) is 0 Å². The minimum Gasteiger partial charge on any atom is -0.379 e. The number of nitrogens with zero attached hydrogens (tertiary/aromatic N) is 1. The Morgan fingerprint density at radius 1 is 1.41 bits per heavy atom. The SMILES string of the molecule is CCCNC1(C#N)CCC(OCCOCC)C1. The lowest BCUT2D eigenvalue weighted by molar-refractivity contribution is 0.00875. The molecule has 1 aliphatic rings. The van der Waals surface area contributed by atoms with E-state index in [-0.39, 0.29) is 11.6 Å². The maximum Gasteiger partial charge on any atom is 0.109 e. The van der Waals surface area contributed by atoms with Crippen molar-refractivity contribution in [1.82, 2.24) is 5.32 Å². The average Bonchev–Trinajstić information content (AvgIpc) is 2.77. The summed E-state index contributed by atoms with van der Waals surface area (Å²) < 4.78 is 11.0. The summed E-state index contributed by atoms with van der Waals surface area (Å²) in [7, 11) is 0. The van der Waals surface area contributed by atoms with Crippen molar-refractivity contribution in [2.24, 2.45) is 0 Å². The van der Waals surface area contributed by atoms with Crippen molar-refractivity contribution < 1.29 is 9.47 Å². The van der Waals surface area contributed by atoms with Gasteiger partial charge in [0.15, 0.2) is 0 Å². The van der Waals surface area contributed by atoms with E-state index in [4.69, 9.17) is 9.47 Å². The van der Waals surface area contributed by atoms with Crippen LogP contribution in [0.2, 0.25) is 0 Å². The lowest BCUT2D eigenvalue weighted by Gasteiger charge is -2.22. The van der Waals surface area contributed by atoms with Crippen LogP contribution in [0.1, 0.15) is 39.5 Å². The Labute approximate surface area is 104 Å². The molecule has 2 unspecified atom stereocenters. The molecule has 17 heavy (non-hydrogen) atoms. The molecule has 0 aromatic rings. The number of nitrogens with one attached hydrogen (secondary N) is 1. The van der Waals surface area contributed by atoms with Crippen molar-refractivity contribution in [3.05, 3.63) is 0 Å². The van der Waals surface area contributed by atoms with Crippen molar-refractivity contribution in [2.45, 2.75) is 51.2 Å². The Morgan fingerprint density at radius 2 is 2.24 bits per heavy atom. The van der Waals surface area contributed by atoms with E-state index in [1.807, 2.05) is 6.92 Å². The minimum absolute atomic E-state index is 0.208. The van der Waals surface area contributed by atoms with Gasteiger partial charge in [0.1, 0.15) is 5.54 Å². The van der Waals surface area contributed by atoms with Crippen molar-refractivity contribution in [2.75, 3.05) is 26.4 Å². The van der Waals surface area contributed by atoms with Gasteiger partial charge in [-0.05, 0) is 32.7 Å². The Bertz CT molecular complexity index is 252. The molecule has 0 aliphatic heterocycles. The van der Waals surface area contributed by atoms with Crippen LogP contribution in [0.5, 0.6) is 0 Å². The van der Waals surface area contributed by atoms with E-state index in [1.54, 1.807) is 0 Å². The number of hydrogen-bond acceptors (Lipinski definition) is 4. The van der Waals surface area contributed by atoms with E-state index in [9.17, 15) is 5.26 Å². The van der Waals surface area contributed by atoms with Crippen LogP contribution >= 0.6 is 0 Å². The molecule has 98 valence electrons. The molecule has 4 nitrogen and oxygen atoms in total. The number of ether oxygens (including phenoxy) is 2. The minimum atomic E-state index is -0.355. The molecule has 4 heteroatoms. The number of nitriles is 1. The molecule has 1 saturated carbocycles. The summed E-state index contributed by atoms with van der Waals surface area (Å²) >= 11 is 0. The molecule has 0 heterocycles. The van der Waals surface area contributed by atoms with E-state index in [2.05, 4.69) is 18.3 Å². The molecule has 1 fully saturated rings. The molecule has 2 atom stereocenters. The van der Waals surface area contributed by atoms with Crippen molar-refractivity contribution in [3.8, 4) is 6.07 Å². The maximum absolute atomic E-state index is 9.28. The van der Waals surface area contributed by atoms with Crippen molar-refractivity contribution in [1.29, 1.82) is 5.26 Å². The van der Waals surface area contributed by atoms with Gasteiger partial charge in [-0.1, -0.05) is 6.92 Å². The highest BCUT2D eigenvalue weighted by Crippen LogP contribution is 2.31. The first-order valence-electron chi connectivity index (χ1n) is 6.62. The highest BCUT2D eigenvalue weighted by atomic mass is 16.5. The van der Waals surface area contributed by atoms with Gasteiger partial charge in [-0.3, -0.25) is 5.32 Å². The molecule has 0 spiro atoms. The van der Waals surface area contributed by atoms with Gasteiger partial charge in [-0.15, -0.1) is 0 Å². The highest BCUT2D eigenvalue weighted by Gasteiger charge is 2.39. The van der Waals surface area contributed by atoms with Gasteiger partial charge in [0, 0.05) is 13.0 Å². The van der Waals surface area contributed by atoms with Crippen LogP contribution in [-0.2, 0) is 9.47 Å². The first-order valence-corrected chi connectivity index (χ1v) is 6.62. The third-order valence-corrected chi connectivity index (χ3v) is 3.18. The third kappa shape index (κ3) is 4.63. The predicted molar refractivity (Wildman–Crippen MR) is 66.7 cm³/mol. The van der Waals surface area contributed by atoms with Gasteiger partial charge in [0.25, 0.3) is 0 Å². The monoisotopic (exact) mass is 240 g/mol. The fourth-order valence-corrected chi connectivity index (χ4v) is 2.23. The summed E-state index contributed by atoms with van der Waals surface area (Å²) in [5, 5.41) is 12.6. The molecule has 0 amide bonds. The molecule has 0 aromatic heterocycles. The lowest BCUT2D eigenvalue weighted by atomic mass is 9.99. The second kappa shape index (κ2) is 7.65. The third-order valence-electron chi connectivity index (χ3n) is 3.18. The van der Waals surface area contributed by atoms with Crippen molar-refractivity contribution >= 4 is 0 Å². The van der Waals surface area contributed by atoms with Crippen LogP contribution < -0.4 is 5.32 Å². The standard InChI is InChI=1S/C13H24N2O2/c1-3-7-15-13(11-14)6-5-12(10-13)17-9-8-16-4-2/h12,15H,3-10H2,1-2H3. The lowest BCUT2D eigenvalue weighted by Crippen LogP contribution is -2.42. The molecule has 0 aromatic carbocycles. The molecular weight excluding hydrogens is 216 g/mol. The first kappa shape index (κ1) is 14.4. The van der Waals surface area contributed by atoms with E-state index < -0.39 is 0 Å². The Kier molecular flexibility index (Phi) is 6.49. The molecule has 1 N–H and O–H groups in total. The summed E-state index contributed by atoms with van der Waals surface area (Å²) in [4.78, 5) is 0. The maximum atomic E-state index is 9.28. The zero-order chi connectivity index (χ0) is 12.6. The van der Waals surface area contributed by atoms with Crippen LogP contribution in [0.25, 0.3) is 0 Å². The predicted octanol–water partition coefficient (Wildman–Crippen LogP) is 1.85. The van der Waals surface area contributed by atoms with E-state index in [1.165, 1.54) is 0 Å². The molecule has 1 rings (SSSR count). The highest BCUT2D eigenvalue weighted by molar-refractivity contribution is 5.12. The fourth-order valence-electron chi connectivity index (χ4n) is 2.23. The average molecular weight is 240 g/mol. The quantitative estimate of drug-likeness (QED) is 0.658. The molecule has 0 saturated heterocycles. The fraction of sp³-hybridized carbons (Fsp3) is 0.923. The second-order valence-corrected chi connectivity index (χ2v) is 4.55. The smallest absolute Gasteiger partial charge is 0.109 e. The zero-order valence-electron chi connectivity index (χ0n) is 11.0. The number of rotatable bonds is 8. The van der Waals surface area contributed by atoms with Crippen LogP contribution in [-0.4, -0.2) is 38.0 Å². The van der Waals surface area contributed by atoms with Crippen LogP contribution in [0.15, 0.2) is 0 Å². The van der Waals surface area contributed by atoms with Crippen LogP contribution in [0, 0.1) is 11.3 Å². The first-order chi connectivity index (χ1) is 8.26. The summed E-state index contributed by atoms with van der Waals surface area (Å²) in [6.07, 6.45) is 3.92. The Balaban J connectivity index is 2.27. The van der Waals surface area contributed by atoms with Gasteiger partial charge in [0.05, 0.1) is 25.4 Å². The van der Waals surface area contributed by atoms with Gasteiger partial charge >= 0.3 is 0 Å². The second-order valence-electron chi connectivity index (χ2n) is 4.55. The summed E-state index contributed by atoms with van der Waals surface area (Å²) in [6, 6.07) is 2.42.